The molecule has 0 aliphatic rings. The van der Waals surface area contributed by atoms with Crippen molar-refractivity contribution in [3.63, 3.8) is 0 Å². The van der Waals surface area contributed by atoms with E-state index in [4.69, 9.17) is 22.7 Å². The van der Waals surface area contributed by atoms with Crippen molar-refractivity contribution in [3.8, 4) is 11.5 Å². The minimum Gasteiger partial charge on any atom is -0.456 e. The Morgan fingerprint density at radius 3 is 2.56 bits per heavy atom. The van der Waals surface area contributed by atoms with Gasteiger partial charge in [0.15, 0.2) is 0 Å². The molecule has 2 N–H and O–H groups in total. The van der Waals surface area contributed by atoms with Crippen LogP contribution in [0.2, 0.25) is 0 Å². The average Bonchev–Trinajstić information content (AvgIpc) is 2.34. The van der Waals surface area contributed by atoms with Crippen LogP contribution in [0.25, 0.3) is 0 Å². The third kappa shape index (κ3) is 3.05. The Morgan fingerprint density at radius 1 is 1.28 bits per heavy atom. The van der Waals surface area contributed by atoms with Gasteiger partial charge >= 0.3 is 0 Å². The van der Waals surface area contributed by atoms with Crippen LogP contribution >= 0.6 is 28.1 Å². The van der Waals surface area contributed by atoms with E-state index in [0.717, 1.165) is 15.8 Å². The number of ether oxygens (including phenoxy) is 1. The molecule has 0 saturated carbocycles. The minimum absolute atomic E-state index is 0.279. The number of halogens is 1. The molecule has 0 atom stereocenters. The molecule has 2 rings (SSSR count). The zero-order valence-electron chi connectivity index (χ0n) is 9.68. The van der Waals surface area contributed by atoms with Gasteiger partial charge in [0.2, 0.25) is 0 Å². The average molecular weight is 323 g/mol. The van der Waals surface area contributed by atoms with Crippen LogP contribution in [0.15, 0.2) is 41.0 Å². The SMILES string of the molecule is Cc1cc(Oc2ccc(C(N)=S)nc2)ccc1Br. The van der Waals surface area contributed by atoms with Crippen LogP contribution in [0.3, 0.4) is 0 Å². The second kappa shape index (κ2) is 5.46. The zero-order valence-corrected chi connectivity index (χ0v) is 12.1. The maximum atomic E-state index is 5.68. The molecule has 0 fully saturated rings. The number of aromatic nitrogens is 1. The molecule has 1 aromatic carbocycles. The summed E-state index contributed by atoms with van der Waals surface area (Å²) in [5, 5.41) is 0. The van der Waals surface area contributed by atoms with Gasteiger partial charge < -0.3 is 10.5 Å². The highest BCUT2D eigenvalue weighted by Crippen LogP contribution is 2.25. The standard InChI is InChI=1S/C13H11BrN2OS/c1-8-6-9(2-4-11(8)14)17-10-3-5-12(13(15)18)16-7-10/h2-7H,1H3,(H2,15,18). The first-order valence-electron chi connectivity index (χ1n) is 5.26. The van der Waals surface area contributed by atoms with Crippen LogP contribution in [0.4, 0.5) is 0 Å². The molecule has 92 valence electrons. The van der Waals surface area contributed by atoms with Crippen molar-refractivity contribution in [3.05, 3.63) is 52.3 Å². The summed E-state index contributed by atoms with van der Waals surface area (Å²) in [6.45, 7) is 2.01. The molecule has 1 heterocycles. The van der Waals surface area contributed by atoms with E-state index in [9.17, 15) is 0 Å². The van der Waals surface area contributed by atoms with E-state index in [1.165, 1.54) is 0 Å². The van der Waals surface area contributed by atoms with E-state index in [0.29, 0.717) is 11.4 Å². The lowest BCUT2D eigenvalue weighted by atomic mass is 10.2. The van der Waals surface area contributed by atoms with Gasteiger partial charge in [-0.2, -0.15) is 0 Å². The first kappa shape index (κ1) is 13.0. The first-order valence-corrected chi connectivity index (χ1v) is 6.46. The molecule has 18 heavy (non-hydrogen) atoms. The molecule has 0 bridgehead atoms. The van der Waals surface area contributed by atoms with Gasteiger partial charge in [-0.1, -0.05) is 28.1 Å². The Labute approximate surface area is 119 Å². The number of nitrogens with two attached hydrogens (primary N) is 1. The van der Waals surface area contributed by atoms with Crippen LogP contribution in [0, 0.1) is 6.92 Å². The molecule has 3 nitrogen and oxygen atoms in total. The molecule has 0 aliphatic carbocycles. The van der Waals surface area contributed by atoms with E-state index in [-0.39, 0.29) is 4.99 Å². The topological polar surface area (TPSA) is 48.1 Å². The third-order valence-corrected chi connectivity index (χ3v) is 3.45. The fourth-order valence-corrected chi connectivity index (χ4v) is 1.77. The Hall–Kier alpha value is -1.46. The van der Waals surface area contributed by atoms with E-state index in [2.05, 4.69) is 20.9 Å². The summed E-state index contributed by atoms with van der Waals surface area (Å²) < 4.78 is 6.73. The van der Waals surface area contributed by atoms with Crippen LogP contribution < -0.4 is 10.5 Å². The summed E-state index contributed by atoms with van der Waals surface area (Å²) in [6, 6.07) is 9.31. The fraction of sp³-hybridized carbons (Fsp3) is 0.0769. The third-order valence-electron chi connectivity index (χ3n) is 2.35. The second-order valence-corrected chi connectivity index (χ2v) is 5.05. The van der Waals surface area contributed by atoms with Crippen molar-refractivity contribution in [1.29, 1.82) is 0 Å². The molecule has 0 aliphatic heterocycles. The van der Waals surface area contributed by atoms with Crippen molar-refractivity contribution in [2.45, 2.75) is 6.92 Å². The summed E-state index contributed by atoms with van der Waals surface area (Å²) in [7, 11) is 0. The number of pyridine rings is 1. The van der Waals surface area contributed by atoms with Crippen LogP contribution in [0.1, 0.15) is 11.3 Å². The largest absolute Gasteiger partial charge is 0.456 e. The number of rotatable bonds is 3. The monoisotopic (exact) mass is 322 g/mol. The predicted molar refractivity (Wildman–Crippen MR) is 79.1 cm³/mol. The van der Waals surface area contributed by atoms with Crippen LogP contribution in [0.5, 0.6) is 11.5 Å². The van der Waals surface area contributed by atoms with Crippen LogP contribution in [-0.4, -0.2) is 9.97 Å². The van der Waals surface area contributed by atoms with Gasteiger partial charge in [0.1, 0.15) is 16.5 Å². The quantitative estimate of drug-likeness (QED) is 0.877. The molecule has 0 unspecified atom stereocenters. The van der Waals surface area contributed by atoms with Gasteiger partial charge in [0.25, 0.3) is 0 Å². The molecule has 2 aromatic rings. The number of nitrogens with zero attached hydrogens (tertiary/aromatic N) is 1. The lowest BCUT2D eigenvalue weighted by Gasteiger charge is -2.07. The van der Waals surface area contributed by atoms with Gasteiger partial charge in [0, 0.05) is 4.47 Å². The van der Waals surface area contributed by atoms with E-state index in [1.807, 2.05) is 25.1 Å². The van der Waals surface area contributed by atoms with Gasteiger partial charge in [0.05, 0.1) is 11.9 Å². The molecule has 0 spiro atoms. The van der Waals surface area contributed by atoms with Crippen molar-refractivity contribution < 1.29 is 4.74 Å². The Kier molecular flexibility index (Phi) is 3.93. The Bertz CT molecular complexity index is 584. The summed E-state index contributed by atoms with van der Waals surface area (Å²) in [5.41, 5.74) is 7.17. The zero-order chi connectivity index (χ0) is 13.1. The normalized spacial score (nSPS) is 10.1. The second-order valence-electron chi connectivity index (χ2n) is 3.76. The maximum absolute atomic E-state index is 5.68. The van der Waals surface area contributed by atoms with Gasteiger partial charge in [-0.3, -0.25) is 0 Å². The molecule has 0 amide bonds. The number of hydrogen-bond acceptors (Lipinski definition) is 3. The van der Waals surface area contributed by atoms with Crippen molar-refractivity contribution in [2.75, 3.05) is 0 Å². The van der Waals surface area contributed by atoms with Crippen molar-refractivity contribution in [1.82, 2.24) is 4.98 Å². The Morgan fingerprint density at radius 2 is 2.00 bits per heavy atom. The highest BCUT2D eigenvalue weighted by molar-refractivity contribution is 9.10. The molecule has 0 saturated heterocycles. The predicted octanol–water partition coefficient (Wildman–Crippen LogP) is 3.58. The summed E-state index contributed by atoms with van der Waals surface area (Å²) in [4.78, 5) is 4.39. The molecular formula is C13H11BrN2OS. The lowest BCUT2D eigenvalue weighted by molar-refractivity contribution is 0.479. The first-order chi connectivity index (χ1) is 8.56. The summed E-state index contributed by atoms with van der Waals surface area (Å²) in [5.74, 6) is 1.41. The molecular weight excluding hydrogens is 312 g/mol. The van der Waals surface area contributed by atoms with E-state index >= 15 is 0 Å². The summed E-state index contributed by atoms with van der Waals surface area (Å²) in [6.07, 6.45) is 1.60. The number of hydrogen-bond donors (Lipinski definition) is 1. The van der Waals surface area contributed by atoms with Gasteiger partial charge in [-0.15, -0.1) is 0 Å². The Balaban J connectivity index is 2.18. The highest BCUT2D eigenvalue weighted by atomic mass is 79.9. The van der Waals surface area contributed by atoms with E-state index < -0.39 is 0 Å². The fourth-order valence-electron chi connectivity index (χ4n) is 1.40. The van der Waals surface area contributed by atoms with Crippen molar-refractivity contribution >= 4 is 33.1 Å². The van der Waals surface area contributed by atoms with Gasteiger partial charge in [-0.25, -0.2) is 4.98 Å². The number of thiocarbonyl (C=S) groups is 1. The minimum atomic E-state index is 0.279. The van der Waals surface area contributed by atoms with E-state index in [1.54, 1.807) is 18.3 Å². The maximum Gasteiger partial charge on any atom is 0.145 e. The molecule has 5 heteroatoms. The van der Waals surface area contributed by atoms with Crippen molar-refractivity contribution in [2.24, 2.45) is 5.73 Å². The van der Waals surface area contributed by atoms with Gasteiger partial charge in [-0.05, 0) is 42.8 Å². The molecule has 1 aromatic heterocycles. The lowest BCUT2D eigenvalue weighted by Crippen LogP contribution is -2.10. The highest BCUT2D eigenvalue weighted by Gasteiger charge is 2.02. The molecule has 0 radical (unpaired) electrons. The number of benzene rings is 1. The smallest absolute Gasteiger partial charge is 0.145 e. The summed E-state index contributed by atoms with van der Waals surface area (Å²) >= 11 is 8.28. The van der Waals surface area contributed by atoms with Crippen LogP contribution in [-0.2, 0) is 0 Å². The number of aryl methyl sites for hydroxylation is 1.